The lowest BCUT2D eigenvalue weighted by molar-refractivity contribution is 0.364. The fraction of sp³-hybridized carbons (Fsp3) is 0.333. The number of unbranched alkanes of at least 4 members (excludes halogenated alkanes) is 2. The van der Waals surface area contributed by atoms with Crippen molar-refractivity contribution < 1.29 is 13.0 Å². The number of rotatable bonds is 9. The van der Waals surface area contributed by atoms with Gasteiger partial charge in [0.05, 0.1) is 18.0 Å². The average molecular weight is 454 g/mol. The molecule has 0 heterocycles. The van der Waals surface area contributed by atoms with Crippen molar-refractivity contribution in [2.24, 2.45) is 0 Å². The van der Waals surface area contributed by atoms with Crippen molar-refractivity contribution in [3.8, 4) is 0 Å². The zero-order valence-electron chi connectivity index (χ0n) is 19.4. The van der Waals surface area contributed by atoms with Crippen molar-refractivity contribution in [3.63, 3.8) is 0 Å². The first-order valence-electron chi connectivity index (χ1n) is 11.3. The second kappa shape index (κ2) is 12.5. The van der Waals surface area contributed by atoms with E-state index in [1.54, 1.807) is 12.1 Å². The summed E-state index contributed by atoms with van der Waals surface area (Å²) in [6, 6.07) is 27.8. The molecule has 0 aliphatic heterocycles. The minimum absolute atomic E-state index is 0.178. The number of quaternary nitrogens is 1. The van der Waals surface area contributed by atoms with Gasteiger partial charge in [0.2, 0.25) is 0 Å². The molecular formula is C27H35NO3S. The summed E-state index contributed by atoms with van der Waals surface area (Å²) in [4.78, 5) is -0.178. The maximum atomic E-state index is 10.4. The lowest BCUT2D eigenvalue weighted by Crippen LogP contribution is -2.45. The lowest BCUT2D eigenvalue weighted by atomic mass is 10.1. The van der Waals surface area contributed by atoms with Crippen molar-refractivity contribution in [3.05, 3.63) is 90.5 Å². The van der Waals surface area contributed by atoms with Gasteiger partial charge in [0.15, 0.2) is 0 Å². The Balaban J connectivity index is 0.000000278. The SMILES string of the molecule is CCCC[N+](CCCC)(c1ccccc1)c1ccccc1.Cc1ccc(S(=O)(=O)[O-])cc1. The van der Waals surface area contributed by atoms with E-state index < -0.39 is 10.1 Å². The van der Waals surface area contributed by atoms with Crippen LogP contribution >= 0.6 is 0 Å². The Morgan fingerprint density at radius 1 is 0.688 bits per heavy atom. The number of hydrogen-bond donors (Lipinski definition) is 0. The van der Waals surface area contributed by atoms with E-state index in [-0.39, 0.29) is 4.90 Å². The molecule has 3 aromatic rings. The highest BCUT2D eigenvalue weighted by atomic mass is 32.2. The Kier molecular flexibility index (Phi) is 10.1. The van der Waals surface area contributed by atoms with Gasteiger partial charge in [0, 0.05) is 0 Å². The second-order valence-electron chi connectivity index (χ2n) is 8.06. The molecule has 172 valence electrons. The maximum Gasteiger partial charge on any atom is 0.137 e. The highest BCUT2D eigenvalue weighted by Gasteiger charge is 2.31. The lowest BCUT2D eigenvalue weighted by Gasteiger charge is -2.38. The maximum absolute atomic E-state index is 10.4. The number of hydrogen-bond acceptors (Lipinski definition) is 3. The van der Waals surface area contributed by atoms with Gasteiger partial charge >= 0.3 is 0 Å². The van der Waals surface area contributed by atoms with Crippen LogP contribution in [0.3, 0.4) is 0 Å². The topological polar surface area (TPSA) is 57.2 Å². The van der Waals surface area contributed by atoms with Crippen molar-refractivity contribution in [1.29, 1.82) is 0 Å². The molecule has 3 rings (SSSR count). The molecule has 0 bridgehead atoms. The zero-order valence-corrected chi connectivity index (χ0v) is 20.2. The molecule has 0 aromatic heterocycles. The Labute approximate surface area is 193 Å². The van der Waals surface area contributed by atoms with E-state index in [1.165, 1.54) is 62.3 Å². The van der Waals surface area contributed by atoms with Crippen LogP contribution in [-0.2, 0) is 10.1 Å². The Morgan fingerprint density at radius 3 is 1.44 bits per heavy atom. The summed E-state index contributed by atoms with van der Waals surface area (Å²) >= 11 is 0. The molecule has 0 aliphatic rings. The number of nitrogens with zero attached hydrogens (tertiary/aromatic N) is 1. The van der Waals surface area contributed by atoms with Crippen LogP contribution in [0, 0.1) is 6.92 Å². The van der Waals surface area contributed by atoms with Crippen LogP contribution in [0.2, 0.25) is 0 Å². The minimum Gasteiger partial charge on any atom is -0.744 e. The minimum atomic E-state index is -4.27. The molecule has 0 N–H and O–H groups in total. The predicted octanol–water partition coefficient (Wildman–Crippen LogP) is 6.82. The van der Waals surface area contributed by atoms with E-state index in [9.17, 15) is 13.0 Å². The van der Waals surface area contributed by atoms with Gasteiger partial charge in [-0.25, -0.2) is 8.42 Å². The van der Waals surface area contributed by atoms with Gasteiger partial charge in [-0.1, -0.05) is 80.8 Å². The van der Waals surface area contributed by atoms with Crippen molar-refractivity contribution in [2.75, 3.05) is 13.1 Å². The molecule has 32 heavy (non-hydrogen) atoms. The van der Waals surface area contributed by atoms with Gasteiger partial charge in [-0.3, -0.25) is 4.48 Å². The van der Waals surface area contributed by atoms with Gasteiger partial charge in [0.25, 0.3) is 0 Å². The van der Waals surface area contributed by atoms with Crippen molar-refractivity contribution in [1.82, 2.24) is 4.48 Å². The average Bonchev–Trinajstić information content (AvgIpc) is 2.81. The third-order valence-corrected chi connectivity index (χ3v) is 6.45. The van der Waals surface area contributed by atoms with Crippen LogP contribution in [0.15, 0.2) is 89.8 Å². The molecule has 5 heteroatoms. The number of aryl methyl sites for hydroxylation is 1. The molecular weight excluding hydrogens is 418 g/mol. The third kappa shape index (κ3) is 7.30. The number of benzene rings is 3. The van der Waals surface area contributed by atoms with Gasteiger partial charge in [-0.05, 0) is 56.2 Å². The van der Waals surface area contributed by atoms with Gasteiger partial charge in [0.1, 0.15) is 21.5 Å². The van der Waals surface area contributed by atoms with Crippen LogP contribution in [0.25, 0.3) is 0 Å². The van der Waals surface area contributed by atoms with E-state index >= 15 is 0 Å². The van der Waals surface area contributed by atoms with Gasteiger partial charge in [-0.2, -0.15) is 0 Å². The summed E-state index contributed by atoms with van der Waals surface area (Å²) in [6.07, 6.45) is 5.00. The first-order valence-corrected chi connectivity index (χ1v) is 12.7. The Bertz CT molecular complexity index is 968. The number of para-hydroxylation sites is 2. The molecule has 0 unspecified atom stereocenters. The molecule has 0 fully saturated rings. The first kappa shape index (κ1) is 25.8. The Morgan fingerprint density at radius 2 is 1.09 bits per heavy atom. The molecule has 0 amide bonds. The normalized spacial score (nSPS) is 11.5. The van der Waals surface area contributed by atoms with Crippen molar-refractivity contribution >= 4 is 21.5 Å². The standard InChI is InChI=1S/C20H28N.C7H8O3S/c1-3-5-17-21(18-6-4-2,19-13-9-7-10-14-19)20-15-11-8-12-16-20;1-6-2-4-7(5-3-6)11(8,9)10/h7-16H,3-6,17-18H2,1-2H3;2-5H,1H3,(H,8,9,10)/q+1;/p-1. The highest BCUT2D eigenvalue weighted by molar-refractivity contribution is 7.85. The molecule has 0 aliphatic carbocycles. The fourth-order valence-corrected chi connectivity index (χ4v) is 4.23. The molecule has 4 nitrogen and oxygen atoms in total. The van der Waals surface area contributed by atoms with Crippen LogP contribution in [0.4, 0.5) is 11.4 Å². The summed E-state index contributed by atoms with van der Waals surface area (Å²) in [5.41, 5.74) is 3.77. The van der Waals surface area contributed by atoms with Crippen LogP contribution in [-0.4, -0.2) is 26.1 Å². The zero-order chi connectivity index (χ0) is 23.5. The summed E-state index contributed by atoms with van der Waals surface area (Å²) < 4.78 is 32.2. The molecule has 0 saturated heterocycles. The van der Waals surface area contributed by atoms with E-state index in [2.05, 4.69) is 74.5 Å². The summed E-state index contributed by atoms with van der Waals surface area (Å²) in [5, 5.41) is 0. The van der Waals surface area contributed by atoms with Crippen LogP contribution in [0.1, 0.15) is 45.1 Å². The van der Waals surface area contributed by atoms with Gasteiger partial charge < -0.3 is 4.55 Å². The summed E-state index contributed by atoms with van der Waals surface area (Å²) in [7, 11) is -4.27. The van der Waals surface area contributed by atoms with Crippen LogP contribution < -0.4 is 4.48 Å². The van der Waals surface area contributed by atoms with E-state index in [0.717, 1.165) is 10.0 Å². The summed E-state index contributed by atoms with van der Waals surface area (Å²) in [5.74, 6) is 0. The molecule has 3 aromatic carbocycles. The van der Waals surface area contributed by atoms with Gasteiger partial charge in [-0.15, -0.1) is 0 Å². The summed E-state index contributed by atoms with van der Waals surface area (Å²) in [6.45, 7) is 8.76. The highest BCUT2D eigenvalue weighted by Crippen LogP contribution is 2.35. The largest absolute Gasteiger partial charge is 0.744 e. The van der Waals surface area contributed by atoms with E-state index in [0.29, 0.717) is 0 Å². The monoisotopic (exact) mass is 453 g/mol. The second-order valence-corrected chi connectivity index (χ2v) is 9.44. The quantitative estimate of drug-likeness (QED) is 0.264. The molecule has 0 spiro atoms. The third-order valence-electron chi connectivity index (χ3n) is 5.60. The molecule has 0 saturated carbocycles. The molecule has 0 atom stereocenters. The van der Waals surface area contributed by atoms with E-state index in [1.807, 2.05) is 6.92 Å². The molecule has 0 radical (unpaired) electrons. The van der Waals surface area contributed by atoms with E-state index in [4.69, 9.17) is 0 Å². The first-order chi connectivity index (χ1) is 15.3. The smallest absolute Gasteiger partial charge is 0.137 e. The predicted molar refractivity (Wildman–Crippen MR) is 133 cm³/mol. The van der Waals surface area contributed by atoms with Crippen molar-refractivity contribution in [2.45, 2.75) is 51.3 Å². The Hall–Kier alpha value is -2.47. The van der Waals surface area contributed by atoms with Crippen LogP contribution in [0.5, 0.6) is 0 Å². The fourth-order valence-electron chi connectivity index (χ4n) is 3.76.